The molecule has 1 rings (SSSR count). The van der Waals surface area contributed by atoms with Crippen molar-refractivity contribution in [1.29, 1.82) is 0 Å². The largest absolute Gasteiger partial charge is 0.330 e. The molecule has 0 bridgehead atoms. The average molecular weight is 206 g/mol. The van der Waals surface area contributed by atoms with Crippen molar-refractivity contribution < 1.29 is 13.6 Å². The lowest BCUT2D eigenvalue weighted by Crippen LogP contribution is -2.12. The molecule has 0 aliphatic heterocycles. The summed E-state index contributed by atoms with van der Waals surface area (Å²) in [4.78, 5) is 0. The van der Waals surface area contributed by atoms with E-state index in [-0.39, 0.29) is 0 Å². The molecule has 1 saturated carbocycles. The molecule has 0 saturated heterocycles. The fourth-order valence-corrected chi connectivity index (χ4v) is 3.35. The molecule has 13 heavy (non-hydrogen) atoms. The summed E-state index contributed by atoms with van der Waals surface area (Å²) in [6.07, 6.45) is 6.80. The van der Waals surface area contributed by atoms with Crippen LogP contribution in [0.25, 0.3) is 0 Å². The SMILES string of the molecule is COP(=O)(CC1CCCCC1)OC. The lowest BCUT2D eigenvalue weighted by Gasteiger charge is -2.24. The zero-order chi connectivity index (χ0) is 9.73. The molecule has 0 amide bonds. The van der Waals surface area contributed by atoms with Crippen LogP contribution in [0, 0.1) is 5.92 Å². The van der Waals surface area contributed by atoms with Crippen molar-refractivity contribution in [2.45, 2.75) is 32.1 Å². The summed E-state index contributed by atoms with van der Waals surface area (Å²) in [6.45, 7) is 0. The van der Waals surface area contributed by atoms with Crippen molar-refractivity contribution in [3.8, 4) is 0 Å². The highest BCUT2D eigenvalue weighted by atomic mass is 31.2. The fourth-order valence-electron chi connectivity index (χ4n) is 1.91. The predicted molar refractivity (Wildman–Crippen MR) is 53.1 cm³/mol. The van der Waals surface area contributed by atoms with Gasteiger partial charge in [-0.25, -0.2) is 0 Å². The maximum Gasteiger partial charge on any atom is 0.330 e. The molecule has 1 fully saturated rings. The van der Waals surface area contributed by atoms with Gasteiger partial charge >= 0.3 is 7.60 Å². The summed E-state index contributed by atoms with van der Waals surface area (Å²) in [5.41, 5.74) is 0. The first-order chi connectivity index (χ1) is 6.20. The van der Waals surface area contributed by atoms with Crippen molar-refractivity contribution >= 4 is 7.60 Å². The van der Waals surface area contributed by atoms with E-state index in [1.807, 2.05) is 0 Å². The van der Waals surface area contributed by atoms with Gasteiger partial charge in [-0.1, -0.05) is 19.3 Å². The number of hydrogen-bond acceptors (Lipinski definition) is 3. The van der Waals surface area contributed by atoms with Gasteiger partial charge in [0.25, 0.3) is 0 Å². The van der Waals surface area contributed by atoms with Gasteiger partial charge in [0.15, 0.2) is 0 Å². The molecule has 0 N–H and O–H groups in total. The van der Waals surface area contributed by atoms with E-state index < -0.39 is 7.60 Å². The number of rotatable bonds is 4. The fraction of sp³-hybridized carbons (Fsp3) is 1.00. The Morgan fingerprint density at radius 1 is 1.15 bits per heavy atom. The van der Waals surface area contributed by atoms with Gasteiger partial charge in [-0.05, 0) is 18.8 Å². The van der Waals surface area contributed by atoms with E-state index in [0.29, 0.717) is 12.1 Å². The maximum atomic E-state index is 11.8. The van der Waals surface area contributed by atoms with Crippen LogP contribution < -0.4 is 0 Å². The number of hydrogen-bond donors (Lipinski definition) is 0. The monoisotopic (exact) mass is 206 g/mol. The van der Waals surface area contributed by atoms with Gasteiger partial charge < -0.3 is 9.05 Å². The smallest absolute Gasteiger partial charge is 0.312 e. The Bertz CT molecular complexity index is 179. The van der Waals surface area contributed by atoms with E-state index in [1.165, 1.54) is 46.3 Å². The summed E-state index contributed by atoms with van der Waals surface area (Å²) in [6, 6.07) is 0. The molecule has 0 aromatic carbocycles. The van der Waals surface area contributed by atoms with E-state index >= 15 is 0 Å². The zero-order valence-corrected chi connectivity index (χ0v) is 9.39. The first-order valence-corrected chi connectivity index (χ1v) is 6.63. The lowest BCUT2D eigenvalue weighted by molar-refractivity contribution is 0.262. The van der Waals surface area contributed by atoms with Crippen LogP contribution >= 0.6 is 7.60 Å². The third-order valence-electron chi connectivity index (χ3n) is 2.76. The maximum absolute atomic E-state index is 11.8. The predicted octanol–water partition coefficient (Wildman–Crippen LogP) is 3.05. The summed E-state index contributed by atoms with van der Waals surface area (Å²) in [5, 5.41) is 0. The third-order valence-corrected chi connectivity index (χ3v) is 4.84. The van der Waals surface area contributed by atoms with Crippen LogP contribution in [0.4, 0.5) is 0 Å². The second-order valence-corrected chi connectivity index (χ2v) is 5.98. The normalized spacial score (nSPS) is 20.5. The molecular weight excluding hydrogens is 187 g/mol. The van der Waals surface area contributed by atoms with Crippen molar-refractivity contribution in [3.63, 3.8) is 0 Å². The Balaban J connectivity index is 2.40. The highest BCUT2D eigenvalue weighted by Crippen LogP contribution is 2.49. The Morgan fingerprint density at radius 2 is 1.69 bits per heavy atom. The molecular formula is C9H19O3P. The molecule has 0 spiro atoms. The van der Waals surface area contributed by atoms with Gasteiger partial charge in [0.2, 0.25) is 0 Å². The Kier molecular flexibility index (Phi) is 4.43. The summed E-state index contributed by atoms with van der Waals surface area (Å²) in [7, 11) is 0.181. The van der Waals surface area contributed by atoms with Crippen molar-refractivity contribution in [2.24, 2.45) is 5.92 Å². The van der Waals surface area contributed by atoms with Crippen LogP contribution in [0.5, 0.6) is 0 Å². The Morgan fingerprint density at radius 3 is 2.15 bits per heavy atom. The van der Waals surface area contributed by atoms with Crippen LogP contribution in [0.1, 0.15) is 32.1 Å². The van der Waals surface area contributed by atoms with Gasteiger partial charge in [0, 0.05) is 14.2 Å². The minimum Gasteiger partial charge on any atom is -0.312 e. The average Bonchev–Trinajstić information content (AvgIpc) is 2.19. The summed E-state index contributed by atoms with van der Waals surface area (Å²) in [5.74, 6) is 0.541. The molecule has 0 heterocycles. The van der Waals surface area contributed by atoms with Crippen LogP contribution in [-0.2, 0) is 13.6 Å². The lowest BCUT2D eigenvalue weighted by atomic mass is 9.91. The highest BCUT2D eigenvalue weighted by Gasteiger charge is 2.27. The molecule has 0 unspecified atom stereocenters. The van der Waals surface area contributed by atoms with Gasteiger partial charge in [0.1, 0.15) is 0 Å². The molecule has 1 aliphatic rings. The molecule has 4 heteroatoms. The molecule has 78 valence electrons. The van der Waals surface area contributed by atoms with Crippen LogP contribution in [0.2, 0.25) is 0 Å². The second-order valence-electron chi connectivity index (χ2n) is 3.66. The first-order valence-electron chi connectivity index (χ1n) is 4.91. The molecule has 0 aromatic heterocycles. The quantitative estimate of drug-likeness (QED) is 0.663. The topological polar surface area (TPSA) is 35.5 Å². The standard InChI is InChI=1S/C9H19O3P/c1-11-13(10,12-2)8-9-6-4-3-5-7-9/h9H,3-8H2,1-2H3. The van der Waals surface area contributed by atoms with E-state index in [4.69, 9.17) is 9.05 Å². The molecule has 3 nitrogen and oxygen atoms in total. The molecule has 0 atom stereocenters. The summed E-state index contributed by atoms with van der Waals surface area (Å²) < 4.78 is 21.6. The van der Waals surface area contributed by atoms with Crippen LogP contribution in [0.15, 0.2) is 0 Å². The van der Waals surface area contributed by atoms with Gasteiger partial charge in [0.05, 0.1) is 6.16 Å². The van der Waals surface area contributed by atoms with Gasteiger partial charge in [-0.3, -0.25) is 4.57 Å². The van der Waals surface area contributed by atoms with Crippen molar-refractivity contribution in [3.05, 3.63) is 0 Å². The minimum absolute atomic E-state index is 0.541. The minimum atomic E-state index is -2.75. The summed E-state index contributed by atoms with van der Waals surface area (Å²) >= 11 is 0. The molecule has 1 aliphatic carbocycles. The third kappa shape index (κ3) is 3.41. The van der Waals surface area contributed by atoms with E-state index in [0.717, 1.165) is 0 Å². The Labute approximate surface area is 80.3 Å². The second kappa shape index (κ2) is 5.14. The molecule has 0 aromatic rings. The van der Waals surface area contributed by atoms with E-state index in [9.17, 15) is 4.57 Å². The van der Waals surface area contributed by atoms with Gasteiger partial charge in [-0.2, -0.15) is 0 Å². The van der Waals surface area contributed by atoms with Crippen molar-refractivity contribution in [1.82, 2.24) is 0 Å². The first kappa shape index (κ1) is 11.2. The van der Waals surface area contributed by atoms with E-state index in [2.05, 4.69) is 0 Å². The van der Waals surface area contributed by atoms with E-state index in [1.54, 1.807) is 0 Å². The molecule has 0 radical (unpaired) electrons. The zero-order valence-electron chi connectivity index (χ0n) is 8.49. The van der Waals surface area contributed by atoms with Crippen LogP contribution in [-0.4, -0.2) is 20.4 Å². The van der Waals surface area contributed by atoms with Crippen LogP contribution in [0.3, 0.4) is 0 Å². The Hall–Kier alpha value is 0.150. The van der Waals surface area contributed by atoms with Gasteiger partial charge in [-0.15, -0.1) is 0 Å². The van der Waals surface area contributed by atoms with Crippen molar-refractivity contribution in [2.75, 3.05) is 20.4 Å². The highest BCUT2D eigenvalue weighted by molar-refractivity contribution is 7.53.